The Morgan fingerprint density at radius 3 is 2.27 bits per heavy atom. The van der Waals surface area contributed by atoms with Gasteiger partial charge in [0.2, 0.25) is 0 Å². The van der Waals surface area contributed by atoms with Crippen molar-refractivity contribution in [3.8, 4) is 5.75 Å². The number of ether oxygens (including phenoxy) is 1. The zero-order chi connectivity index (χ0) is 27.0. The van der Waals surface area contributed by atoms with Gasteiger partial charge in [-0.05, 0) is 86.5 Å². The van der Waals surface area contributed by atoms with Crippen LogP contribution in [0.15, 0.2) is 77.7 Å². The van der Waals surface area contributed by atoms with Crippen molar-refractivity contribution in [2.24, 2.45) is 0 Å². The molecule has 194 valence electrons. The maximum Gasteiger partial charge on any atom is 0.416 e. The smallest absolute Gasteiger partial charge is 0.416 e. The number of hydrogen-bond acceptors (Lipinski definition) is 5. The summed E-state index contributed by atoms with van der Waals surface area (Å²) in [7, 11) is -2.55. The molecule has 37 heavy (non-hydrogen) atoms. The summed E-state index contributed by atoms with van der Waals surface area (Å²) in [5, 5.41) is 3.40. The molecule has 6 nitrogen and oxygen atoms in total. The van der Waals surface area contributed by atoms with Crippen LogP contribution in [-0.2, 0) is 22.6 Å². The quantitative estimate of drug-likeness (QED) is 0.317. The van der Waals surface area contributed by atoms with Crippen LogP contribution in [0.1, 0.15) is 40.9 Å². The van der Waals surface area contributed by atoms with Gasteiger partial charge in [0.05, 0.1) is 17.6 Å². The molecule has 2 N–H and O–H groups in total. The summed E-state index contributed by atoms with van der Waals surface area (Å²) in [5.74, 6) is 0.384. The van der Waals surface area contributed by atoms with Gasteiger partial charge in [0.1, 0.15) is 5.75 Å². The molecule has 0 amide bonds. The Bertz CT molecular complexity index is 1460. The predicted octanol–water partition coefficient (Wildman–Crippen LogP) is 5.66. The molecule has 4 rings (SSSR count). The molecule has 3 aromatic rings. The number of carbonyl (C=O) groups excluding carboxylic acids is 1. The molecular formula is C27H25F3N2O4S. The maximum atomic E-state index is 13.0. The Morgan fingerprint density at radius 2 is 1.68 bits per heavy atom. The predicted molar refractivity (Wildman–Crippen MR) is 135 cm³/mol. The van der Waals surface area contributed by atoms with Gasteiger partial charge in [-0.15, -0.1) is 0 Å². The fraction of sp³-hybridized carbons (Fsp3) is 0.222. The third-order valence-electron chi connectivity index (χ3n) is 5.90. The number of ketones is 1. The first-order chi connectivity index (χ1) is 17.3. The molecule has 0 unspecified atom stereocenters. The van der Waals surface area contributed by atoms with Gasteiger partial charge in [0.25, 0.3) is 10.0 Å². The Hall–Kier alpha value is -3.79. The molecule has 0 saturated carbocycles. The molecule has 0 radical (unpaired) electrons. The molecule has 0 bridgehead atoms. The molecule has 0 aromatic heterocycles. The van der Waals surface area contributed by atoms with Gasteiger partial charge in [-0.3, -0.25) is 9.52 Å². The van der Waals surface area contributed by atoms with E-state index in [4.69, 9.17) is 4.74 Å². The van der Waals surface area contributed by atoms with Crippen molar-refractivity contribution >= 4 is 27.2 Å². The largest absolute Gasteiger partial charge is 0.497 e. The molecule has 10 heteroatoms. The highest BCUT2D eigenvalue weighted by Gasteiger charge is 2.31. The van der Waals surface area contributed by atoms with Crippen molar-refractivity contribution in [3.05, 3.63) is 95.1 Å². The molecule has 0 spiro atoms. The zero-order valence-electron chi connectivity index (χ0n) is 20.3. The normalized spacial score (nSPS) is 16.0. The number of fused-ring (bicyclic) bond motifs is 1. The van der Waals surface area contributed by atoms with Crippen molar-refractivity contribution in [3.63, 3.8) is 0 Å². The topological polar surface area (TPSA) is 84.5 Å². The molecule has 1 aliphatic rings. The Labute approximate surface area is 213 Å². The van der Waals surface area contributed by atoms with Gasteiger partial charge in [0, 0.05) is 34.1 Å². The summed E-state index contributed by atoms with van der Waals surface area (Å²) in [4.78, 5) is 12.7. The lowest BCUT2D eigenvalue weighted by atomic mass is 9.85. The van der Waals surface area contributed by atoms with Crippen LogP contribution >= 0.6 is 0 Å². The first-order valence-corrected chi connectivity index (χ1v) is 12.8. The number of halogens is 3. The second kappa shape index (κ2) is 9.59. The molecule has 1 aliphatic heterocycles. The van der Waals surface area contributed by atoms with Gasteiger partial charge in [-0.25, -0.2) is 8.42 Å². The van der Waals surface area contributed by atoms with Crippen molar-refractivity contribution in [1.82, 2.24) is 5.32 Å². The standard InChI is InChI=1S/C27H25F3N2O4S/c1-26(2)16-18-6-11-21(36-3)14-23(18)24(31-26)15-25(33)17-4-9-20(10-5-17)32-37(34,35)22-12-7-19(8-13-22)27(28,29)30/h4-15,31-32H,16H2,1-3H3/b24-15-. The summed E-state index contributed by atoms with van der Waals surface area (Å²) in [6.45, 7) is 4.08. The lowest BCUT2D eigenvalue weighted by Gasteiger charge is -2.35. The first-order valence-electron chi connectivity index (χ1n) is 11.3. The van der Waals surface area contributed by atoms with E-state index in [1.807, 2.05) is 32.0 Å². The van der Waals surface area contributed by atoms with Crippen LogP contribution in [0.4, 0.5) is 18.9 Å². The van der Waals surface area contributed by atoms with E-state index in [0.717, 1.165) is 29.7 Å². The van der Waals surface area contributed by atoms with Crippen LogP contribution in [0.3, 0.4) is 0 Å². The highest BCUT2D eigenvalue weighted by atomic mass is 32.2. The van der Waals surface area contributed by atoms with Crippen LogP contribution in [-0.4, -0.2) is 26.8 Å². The number of methoxy groups -OCH3 is 1. The Morgan fingerprint density at radius 1 is 1.03 bits per heavy atom. The Balaban J connectivity index is 1.54. The number of hydrogen-bond donors (Lipinski definition) is 2. The van der Waals surface area contributed by atoms with Crippen LogP contribution in [0.2, 0.25) is 0 Å². The van der Waals surface area contributed by atoms with Gasteiger partial charge in [-0.2, -0.15) is 13.2 Å². The van der Waals surface area contributed by atoms with Crippen LogP contribution in [0.5, 0.6) is 5.75 Å². The van der Waals surface area contributed by atoms with Crippen LogP contribution in [0, 0.1) is 0 Å². The van der Waals surface area contributed by atoms with E-state index >= 15 is 0 Å². The minimum absolute atomic E-state index is 0.163. The maximum absolute atomic E-state index is 13.0. The lowest BCUT2D eigenvalue weighted by molar-refractivity contribution is -0.137. The monoisotopic (exact) mass is 530 g/mol. The second-order valence-electron chi connectivity index (χ2n) is 9.34. The van der Waals surface area contributed by atoms with E-state index in [9.17, 15) is 26.4 Å². The van der Waals surface area contributed by atoms with Gasteiger partial charge in [0.15, 0.2) is 5.78 Å². The molecule has 3 aromatic carbocycles. The van der Waals surface area contributed by atoms with E-state index in [1.54, 1.807) is 7.11 Å². The number of anilines is 1. The van der Waals surface area contributed by atoms with Crippen LogP contribution in [0.25, 0.3) is 5.70 Å². The number of sulfonamides is 1. The summed E-state index contributed by atoms with van der Waals surface area (Å²) in [6.07, 6.45) is -2.30. The molecule has 1 heterocycles. The third kappa shape index (κ3) is 5.96. The second-order valence-corrected chi connectivity index (χ2v) is 11.0. The molecular weight excluding hydrogens is 505 g/mol. The van der Waals surface area contributed by atoms with E-state index in [2.05, 4.69) is 10.0 Å². The number of carbonyl (C=O) groups is 1. The fourth-order valence-corrected chi connectivity index (χ4v) is 5.17. The van der Waals surface area contributed by atoms with E-state index in [1.165, 1.54) is 30.3 Å². The average Bonchev–Trinajstić information content (AvgIpc) is 2.83. The van der Waals surface area contributed by atoms with E-state index in [-0.39, 0.29) is 21.9 Å². The van der Waals surface area contributed by atoms with Crippen LogP contribution < -0.4 is 14.8 Å². The first kappa shape index (κ1) is 26.3. The number of benzene rings is 3. The summed E-state index contributed by atoms with van der Waals surface area (Å²) < 4.78 is 71.1. The van der Waals surface area contributed by atoms with E-state index in [0.29, 0.717) is 29.1 Å². The SMILES string of the molecule is COc1ccc2c(c1)/C(=C/C(=O)c1ccc(NS(=O)(=O)c3ccc(C(F)(F)F)cc3)cc1)NC(C)(C)C2. The molecule has 0 atom stereocenters. The summed E-state index contributed by atoms with van der Waals surface area (Å²) in [5.41, 5.74) is 1.89. The van der Waals surface area contributed by atoms with Crippen molar-refractivity contribution in [1.29, 1.82) is 0 Å². The number of allylic oxidation sites excluding steroid dienone is 1. The fourth-order valence-electron chi connectivity index (χ4n) is 4.11. The molecule has 0 fully saturated rings. The number of rotatable bonds is 6. The van der Waals surface area contributed by atoms with E-state index < -0.39 is 21.8 Å². The third-order valence-corrected chi connectivity index (χ3v) is 7.30. The van der Waals surface area contributed by atoms with Gasteiger partial charge >= 0.3 is 6.18 Å². The molecule has 0 saturated heterocycles. The minimum Gasteiger partial charge on any atom is -0.497 e. The average molecular weight is 531 g/mol. The number of nitrogens with one attached hydrogen (secondary N) is 2. The summed E-state index contributed by atoms with van der Waals surface area (Å²) >= 11 is 0. The minimum atomic E-state index is -4.57. The summed E-state index contributed by atoms with van der Waals surface area (Å²) in [6, 6.07) is 14.7. The van der Waals surface area contributed by atoms with Gasteiger partial charge < -0.3 is 10.1 Å². The number of alkyl halides is 3. The highest BCUT2D eigenvalue weighted by Crippen LogP contribution is 2.33. The zero-order valence-corrected chi connectivity index (χ0v) is 21.1. The van der Waals surface area contributed by atoms with Crippen molar-refractivity contribution < 1.29 is 31.1 Å². The highest BCUT2D eigenvalue weighted by molar-refractivity contribution is 7.92. The van der Waals surface area contributed by atoms with Crippen molar-refractivity contribution in [2.45, 2.75) is 36.9 Å². The van der Waals surface area contributed by atoms with Gasteiger partial charge in [-0.1, -0.05) is 6.07 Å². The Kier molecular flexibility index (Phi) is 6.81. The van der Waals surface area contributed by atoms with Crippen molar-refractivity contribution in [2.75, 3.05) is 11.8 Å². The molecule has 0 aliphatic carbocycles. The lowest BCUT2D eigenvalue weighted by Crippen LogP contribution is -2.43.